The molecule has 0 radical (unpaired) electrons. The van der Waals surface area contributed by atoms with Crippen molar-refractivity contribution >= 4 is 5.97 Å². The van der Waals surface area contributed by atoms with Crippen molar-refractivity contribution in [2.75, 3.05) is 21.3 Å². The minimum atomic E-state index is -0.874. The highest BCUT2D eigenvalue weighted by Gasteiger charge is 2.19. The smallest absolute Gasteiger partial charge is 0.303 e. The van der Waals surface area contributed by atoms with Gasteiger partial charge in [-0.2, -0.15) is 0 Å². The van der Waals surface area contributed by atoms with Gasteiger partial charge in [0.25, 0.3) is 0 Å². The SMILES string of the molecule is COCc1cc(OC)cc(OC)c1C(N)CCC(=O)O. The fourth-order valence-corrected chi connectivity index (χ4v) is 2.06. The third kappa shape index (κ3) is 4.11. The van der Waals surface area contributed by atoms with E-state index in [1.165, 1.54) is 0 Å². The van der Waals surface area contributed by atoms with Crippen LogP contribution in [0.3, 0.4) is 0 Å². The van der Waals surface area contributed by atoms with Gasteiger partial charge in [-0.1, -0.05) is 0 Å². The summed E-state index contributed by atoms with van der Waals surface area (Å²) < 4.78 is 15.7. The van der Waals surface area contributed by atoms with Crippen molar-refractivity contribution in [1.82, 2.24) is 0 Å². The lowest BCUT2D eigenvalue weighted by atomic mass is 9.96. The number of hydrogen-bond donors (Lipinski definition) is 2. The highest BCUT2D eigenvalue weighted by molar-refractivity contribution is 5.66. The molecule has 0 saturated carbocycles. The number of hydrogen-bond acceptors (Lipinski definition) is 5. The van der Waals surface area contributed by atoms with Crippen LogP contribution in [-0.4, -0.2) is 32.4 Å². The topological polar surface area (TPSA) is 91.0 Å². The van der Waals surface area contributed by atoms with E-state index in [0.717, 1.165) is 11.1 Å². The maximum absolute atomic E-state index is 10.7. The van der Waals surface area contributed by atoms with Gasteiger partial charge in [-0.25, -0.2) is 0 Å². The van der Waals surface area contributed by atoms with Crippen molar-refractivity contribution < 1.29 is 24.1 Å². The molecule has 0 aromatic heterocycles. The van der Waals surface area contributed by atoms with E-state index in [0.29, 0.717) is 24.5 Å². The van der Waals surface area contributed by atoms with E-state index in [9.17, 15) is 4.79 Å². The zero-order valence-electron chi connectivity index (χ0n) is 12.0. The van der Waals surface area contributed by atoms with Crippen molar-refractivity contribution in [2.45, 2.75) is 25.5 Å². The highest BCUT2D eigenvalue weighted by atomic mass is 16.5. The maximum atomic E-state index is 10.7. The molecule has 1 atom stereocenters. The molecular weight excluding hydrogens is 262 g/mol. The van der Waals surface area contributed by atoms with Crippen LogP contribution in [0.5, 0.6) is 11.5 Å². The van der Waals surface area contributed by atoms with E-state index in [1.54, 1.807) is 27.4 Å². The van der Waals surface area contributed by atoms with Crippen LogP contribution in [0.15, 0.2) is 12.1 Å². The van der Waals surface area contributed by atoms with Crippen molar-refractivity contribution in [2.24, 2.45) is 5.73 Å². The number of carboxylic acids is 1. The molecule has 0 saturated heterocycles. The second-order valence-corrected chi connectivity index (χ2v) is 4.37. The number of methoxy groups -OCH3 is 3. The Labute approximate surface area is 118 Å². The van der Waals surface area contributed by atoms with E-state index >= 15 is 0 Å². The Morgan fingerprint density at radius 1 is 1.30 bits per heavy atom. The van der Waals surface area contributed by atoms with E-state index in [1.807, 2.05) is 6.07 Å². The monoisotopic (exact) mass is 283 g/mol. The standard InChI is InChI=1S/C14H21NO5/c1-18-8-9-6-10(19-2)7-12(20-3)14(9)11(15)4-5-13(16)17/h6-7,11H,4-5,8,15H2,1-3H3,(H,16,17). The van der Waals surface area contributed by atoms with Crippen molar-refractivity contribution in [3.63, 3.8) is 0 Å². The number of aliphatic carboxylic acids is 1. The van der Waals surface area contributed by atoms with Gasteiger partial charge in [0.05, 0.1) is 20.8 Å². The Hall–Kier alpha value is -1.79. The minimum Gasteiger partial charge on any atom is -0.497 e. The first-order valence-electron chi connectivity index (χ1n) is 6.24. The summed E-state index contributed by atoms with van der Waals surface area (Å²) in [6, 6.07) is 3.12. The molecule has 0 aliphatic rings. The van der Waals surface area contributed by atoms with Crippen LogP contribution in [0, 0.1) is 0 Å². The summed E-state index contributed by atoms with van der Waals surface area (Å²) in [6.45, 7) is 0.351. The first-order chi connectivity index (χ1) is 9.53. The van der Waals surface area contributed by atoms with Crippen molar-refractivity contribution in [3.8, 4) is 11.5 Å². The minimum absolute atomic E-state index is 0.00275. The second kappa shape index (κ2) is 7.72. The zero-order valence-corrected chi connectivity index (χ0v) is 12.0. The molecule has 1 aromatic carbocycles. The molecule has 0 spiro atoms. The average molecular weight is 283 g/mol. The second-order valence-electron chi connectivity index (χ2n) is 4.37. The first-order valence-corrected chi connectivity index (χ1v) is 6.24. The summed E-state index contributed by atoms with van der Waals surface area (Å²) in [6.07, 6.45) is 0.331. The summed E-state index contributed by atoms with van der Waals surface area (Å²) >= 11 is 0. The van der Waals surface area contributed by atoms with Crippen molar-refractivity contribution in [3.05, 3.63) is 23.3 Å². The third-order valence-electron chi connectivity index (χ3n) is 3.00. The Morgan fingerprint density at radius 3 is 2.50 bits per heavy atom. The molecule has 3 N–H and O–H groups in total. The number of nitrogens with two attached hydrogens (primary N) is 1. The molecule has 1 unspecified atom stereocenters. The zero-order chi connectivity index (χ0) is 15.1. The molecule has 20 heavy (non-hydrogen) atoms. The quantitative estimate of drug-likeness (QED) is 0.754. The Balaban J connectivity index is 3.15. The largest absolute Gasteiger partial charge is 0.497 e. The summed E-state index contributed by atoms with van der Waals surface area (Å²) in [5.74, 6) is 0.346. The molecule has 0 heterocycles. The van der Waals surface area contributed by atoms with Gasteiger partial charge in [-0.3, -0.25) is 4.79 Å². The first kappa shape index (κ1) is 16.3. The Morgan fingerprint density at radius 2 is 2.00 bits per heavy atom. The number of carbonyl (C=O) groups is 1. The highest BCUT2D eigenvalue weighted by Crippen LogP contribution is 2.34. The molecule has 0 aliphatic heterocycles. The molecule has 6 heteroatoms. The van der Waals surface area contributed by atoms with Gasteiger partial charge < -0.3 is 25.1 Å². The lowest BCUT2D eigenvalue weighted by molar-refractivity contribution is -0.137. The summed E-state index contributed by atoms with van der Waals surface area (Å²) in [5.41, 5.74) is 7.70. The Bertz CT molecular complexity index is 461. The maximum Gasteiger partial charge on any atom is 0.303 e. The van der Waals surface area contributed by atoms with Gasteiger partial charge >= 0.3 is 5.97 Å². The van der Waals surface area contributed by atoms with E-state index < -0.39 is 12.0 Å². The molecule has 1 aromatic rings. The van der Waals surface area contributed by atoms with Crippen LogP contribution in [-0.2, 0) is 16.1 Å². The van der Waals surface area contributed by atoms with Crippen LogP contribution in [0.4, 0.5) is 0 Å². The molecular formula is C14H21NO5. The molecule has 0 fully saturated rings. The van der Waals surface area contributed by atoms with Gasteiger partial charge in [-0.15, -0.1) is 0 Å². The number of ether oxygens (including phenoxy) is 3. The van der Waals surface area contributed by atoms with Gasteiger partial charge in [0, 0.05) is 31.2 Å². The predicted octanol–water partition coefficient (Wildman–Crippen LogP) is 1.71. The van der Waals surface area contributed by atoms with E-state index in [2.05, 4.69) is 0 Å². The lowest BCUT2D eigenvalue weighted by Gasteiger charge is -2.20. The van der Waals surface area contributed by atoms with Crippen LogP contribution < -0.4 is 15.2 Å². The number of rotatable bonds is 8. The van der Waals surface area contributed by atoms with Crippen LogP contribution >= 0.6 is 0 Å². The number of benzene rings is 1. The van der Waals surface area contributed by atoms with Crippen LogP contribution in [0.2, 0.25) is 0 Å². The van der Waals surface area contributed by atoms with Crippen molar-refractivity contribution in [1.29, 1.82) is 0 Å². The third-order valence-corrected chi connectivity index (χ3v) is 3.00. The van der Waals surface area contributed by atoms with Crippen LogP contribution in [0.1, 0.15) is 30.0 Å². The predicted molar refractivity (Wildman–Crippen MR) is 74.1 cm³/mol. The average Bonchev–Trinajstić information content (AvgIpc) is 2.44. The van der Waals surface area contributed by atoms with Gasteiger partial charge in [-0.05, 0) is 18.1 Å². The summed E-state index contributed by atoms with van der Waals surface area (Å²) in [7, 11) is 4.69. The molecule has 0 bridgehead atoms. The van der Waals surface area contributed by atoms with Gasteiger partial charge in [0.2, 0.25) is 0 Å². The normalized spacial score (nSPS) is 12.0. The molecule has 112 valence electrons. The summed E-state index contributed by atoms with van der Waals surface area (Å²) in [4.78, 5) is 10.7. The molecule has 0 aliphatic carbocycles. The molecule has 1 rings (SSSR count). The van der Waals surface area contributed by atoms with Gasteiger partial charge in [0.1, 0.15) is 11.5 Å². The lowest BCUT2D eigenvalue weighted by Crippen LogP contribution is -2.16. The fourth-order valence-electron chi connectivity index (χ4n) is 2.06. The Kier molecular flexibility index (Phi) is 6.27. The number of carboxylic acid groups (broad SMARTS) is 1. The molecule has 0 amide bonds. The van der Waals surface area contributed by atoms with E-state index in [4.69, 9.17) is 25.1 Å². The fraction of sp³-hybridized carbons (Fsp3) is 0.500. The molecule has 6 nitrogen and oxygen atoms in total. The van der Waals surface area contributed by atoms with Gasteiger partial charge in [0.15, 0.2) is 0 Å². The van der Waals surface area contributed by atoms with Crippen LogP contribution in [0.25, 0.3) is 0 Å². The van der Waals surface area contributed by atoms with E-state index in [-0.39, 0.29) is 6.42 Å². The summed E-state index contributed by atoms with van der Waals surface area (Å²) in [5, 5.41) is 8.76.